The number of carboxylic acid groups (broad SMARTS) is 1. The molecule has 0 aliphatic rings. The van der Waals surface area contributed by atoms with E-state index < -0.39 is 21.9 Å². The molecule has 0 aromatic carbocycles. The SMILES string of the molecule is CCCn1cc(S(=O)(=O)NCC(=O)N(C)C)cc1C(=O)O. The van der Waals surface area contributed by atoms with Crippen LogP contribution in [0.15, 0.2) is 17.2 Å². The van der Waals surface area contributed by atoms with Crippen LogP contribution in [0.25, 0.3) is 0 Å². The number of aromatic carboxylic acids is 1. The number of carboxylic acids is 1. The van der Waals surface area contributed by atoms with Crippen LogP contribution in [-0.4, -0.2) is 55.5 Å². The minimum atomic E-state index is -3.92. The molecule has 2 N–H and O–H groups in total. The Hall–Kier alpha value is -1.87. The van der Waals surface area contributed by atoms with Crippen LogP contribution in [0, 0.1) is 0 Å². The Bertz CT molecular complexity index is 633. The first-order chi connectivity index (χ1) is 9.69. The number of hydrogen-bond acceptors (Lipinski definition) is 4. The number of nitrogens with zero attached hydrogens (tertiary/aromatic N) is 2. The molecule has 0 aliphatic carbocycles. The number of rotatable bonds is 7. The maximum absolute atomic E-state index is 12.1. The van der Waals surface area contributed by atoms with Crippen molar-refractivity contribution >= 4 is 21.9 Å². The molecule has 0 atom stereocenters. The molecule has 0 unspecified atom stereocenters. The standard InChI is InChI=1S/C12H19N3O5S/c1-4-5-15-8-9(6-10(15)12(17)18)21(19,20)13-7-11(16)14(2)3/h6,8,13H,4-5,7H2,1-3H3,(H,17,18). The molecule has 0 saturated heterocycles. The molecular formula is C12H19N3O5S. The van der Waals surface area contributed by atoms with Crippen molar-refractivity contribution in [1.29, 1.82) is 0 Å². The first-order valence-electron chi connectivity index (χ1n) is 6.32. The second-order valence-corrected chi connectivity index (χ2v) is 6.44. The van der Waals surface area contributed by atoms with E-state index in [1.165, 1.54) is 29.8 Å². The molecular weight excluding hydrogens is 298 g/mol. The van der Waals surface area contributed by atoms with E-state index in [2.05, 4.69) is 4.72 Å². The minimum absolute atomic E-state index is 0.101. The van der Waals surface area contributed by atoms with Crippen LogP contribution in [0.5, 0.6) is 0 Å². The van der Waals surface area contributed by atoms with Crippen molar-refractivity contribution in [2.45, 2.75) is 24.8 Å². The maximum Gasteiger partial charge on any atom is 0.352 e. The molecule has 1 aromatic rings. The minimum Gasteiger partial charge on any atom is -0.477 e. The van der Waals surface area contributed by atoms with Gasteiger partial charge in [0, 0.05) is 26.8 Å². The van der Waals surface area contributed by atoms with E-state index in [0.717, 1.165) is 6.07 Å². The van der Waals surface area contributed by atoms with Crippen LogP contribution in [0.3, 0.4) is 0 Å². The Kier molecular flexibility index (Phi) is 5.50. The number of aryl methyl sites for hydroxylation is 1. The fourth-order valence-electron chi connectivity index (χ4n) is 1.63. The molecule has 0 saturated carbocycles. The number of carbonyl (C=O) groups is 2. The summed E-state index contributed by atoms with van der Waals surface area (Å²) in [6, 6.07) is 1.08. The Balaban J connectivity index is 3.01. The van der Waals surface area contributed by atoms with Gasteiger partial charge in [0.2, 0.25) is 15.9 Å². The van der Waals surface area contributed by atoms with Crippen molar-refractivity contribution in [3.05, 3.63) is 18.0 Å². The van der Waals surface area contributed by atoms with E-state index in [4.69, 9.17) is 5.11 Å². The van der Waals surface area contributed by atoms with E-state index in [1.54, 1.807) is 0 Å². The van der Waals surface area contributed by atoms with Gasteiger partial charge in [-0.1, -0.05) is 6.92 Å². The molecule has 0 bridgehead atoms. The van der Waals surface area contributed by atoms with Crippen LogP contribution in [0.4, 0.5) is 0 Å². The Morgan fingerprint density at radius 1 is 1.38 bits per heavy atom. The van der Waals surface area contributed by atoms with Gasteiger partial charge in [0.1, 0.15) is 10.6 Å². The average molecular weight is 317 g/mol. The predicted octanol–water partition coefficient (Wildman–Crippen LogP) is -0.0372. The predicted molar refractivity (Wildman–Crippen MR) is 75.6 cm³/mol. The average Bonchev–Trinajstić information content (AvgIpc) is 2.81. The number of nitrogens with one attached hydrogen (secondary N) is 1. The summed E-state index contributed by atoms with van der Waals surface area (Å²) < 4.78 is 27.6. The summed E-state index contributed by atoms with van der Waals surface area (Å²) in [5, 5.41) is 9.07. The zero-order valence-corrected chi connectivity index (χ0v) is 13.0. The largest absolute Gasteiger partial charge is 0.477 e. The molecule has 1 aromatic heterocycles. The number of aromatic nitrogens is 1. The lowest BCUT2D eigenvalue weighted by molar-refractivity contribution is -0.127. The van der Waals surface area contributed by atoms with E-state index in [1.807, 2.05) is 6.92 Å². The van der Waals surface area contributed by atoms with Crippen LogP contribution < -0.4 is 4.72 Å². The summed E-state index contributed by atoms with van der Waals surface area (Å²) in [6.07, 6.45) is 1.93. The molecule has 9 heteroatoms. The summed E-state index contributed by atoms with van der Waals surface area (Å²) in [7, 11) is -0.902. The lowest BCUT2D eigenvalue weighted by Crippen LogP contribution is -2.36. The van der Waals surface area contributed by atoms with Crippen molar-refractivity contribution in [2.75, 3.05) is 20.6 Å². The highest BCUT2D eigenvalue weighted by Gasteiger charge is 2.22. The Labute approximate surface area is 123 Å². The van der Waals surface area contributed by atoms with Crippen molar-refractivity contribution in [1.82, 2.24) is 14.2 Å². The van der Waals surface area contributed by atoms with Gasteiger partial charge in [0.25, 0.3) is 0 Å². The normalized spacial score (nSPS) is 11.4. The van der Waals surface area contributed by atoms with Gasteiger partial charge in [-0.3, -0.25) is 4.79 Å². The van der Waals surface area contributed by atoms with Gasteiger partial charge < -0.3 is 14.6 Å². The fraction of sp³-hybridized carbons (Fsp3) is 0.500. The highest BCUT2D eigenvalue weighted by Crippen LogP contribution is 2.15. The first-order valence-corrected chi connectivity index (χ1v) is 7.80. The topological polar surface area (TPSA) is 109 Å². The molecule has 8 nitrogen and oxygen atoms in total. The van der Waals surface area contributed by atoms with Gasteiger partial charge in [-0.25, -0.2) is 17.9 Å². The van der Waals surface area contributed by atoms with Crippen molar-refractivity contribution in [2.24, 2.45) is 0 Å². The molecule has 21 heavy (non-hydrogen) atoms. The number of hydrogen-bond donors (Lipinski definition) is 2. The number of carbonyl (C=O) groups excluding carboxylic acids is 1. The summed E-state index contributed by atoms with van der Waals surface area (Å²) in [4.78, 5) is 23.6. The lowest BCUT2D eigenvalue weighted by atomic mass is 10.4. The van der Waals surface area contributed by atoms with Crippen molar-refractivity contribution < 1.29 is 23.1 Å². The van der Waals surface area contributed by atoms with Gasteiger partial charge in [-0.2, -0.15) is 0 Å². The van der Waals surface area contributed by atoms with Crippen LogP contribution in [-0.2, 0) is 21.4 Å². The highest BCUT2D eigenvalue weighted by molar-refractivity contribution is 7.89. The Morgan fingerprint density at radius 2 is 2.00 bits per heavy atom. The summed E-state index contributed by atoms with van der Waals surface area (Å²) in [5.41, 5.74) is -0.101. The van der Waals surface area contributed by atoms with Gasteiger partial charge in [-0.15, -0.1) is 0 Å². The van der Waals surface area contributed by atoms with Gasteiger partial charge >= 0.3 is 5.97 Å². The summed E-state index contributed by atoms with van der Waals surface area (Å²) in [5.74, 6) is -1.60. The molecule has 0 fully saturated rings. The quantitative estimate of drug-likeness (QED) is 0.733. The fourth-order valence-corrected chi connectivity index (χ4v) is 2.65. The molecule has 0 radical (unpaired) electrons. The number of amides is 1. The van der Waals surface area contributed by atoms with Crippen LogP contribution in [0.1, 0.15) is 23.8 Å². The highest BCUT2D eigenvalue weighted by atomic mass is 32.2. The van der Waals surface area contributed by atoms with Gasteiger partial charge in [0.15, 0.2) is 0 Å². The third kappa shape index (κ3) is 4.30. The number of sulfonamides is 1. The van der Waals surface area contributed by atoms with E-state index in [-0.39, 0.29) is 17.1 Å². The lowest BCUT2D eigenvalue weighted by Gasteiger charge is -2.10. The zero-order chi connectivity index (χ0) is 16.2. The first kappa shape index (κ1) is 17.2. The maximum atomic E-state index is 12.1. The zero-order valence-electron chi connectivity index (χ0n) is 12.2. The molecule has 1 heterocycles. The molecule has 118 valence electrons. The monoisotopic (exact) mass is 317 g/mol. The third-order valence-electron chi connectivity index (χ3n) is 2.78. The smallest absolute Gasteiger partial charge is 0.352 e. The van der Waals surface area contributed by atoms with E-state index in [9.17, 15) is 18.0 Å². The second-order valence-electron chi connectivity index (χ2n) is 4.67. The van der Waals surface area contributed by atoms with E-state index in [0.29, 0.717) is 13.0 Å². The van der Waals surface area contributed by atoms with Gasteiger partial charge in [-0.05, 0) is 12.5 Å². The van der Waals surface area contributed by atoms with Gasteiger partial charge in [0.05, 0.1) is 6.54 Å². The molecule has 0 spiro atoms. The second kappa shape index (κ2) is 6.72. The summed E-state index contributed by atoms with van der Waals surface area (Å²) in [6.45, 7) is 1.87. The van der Waals surface area contributed by atoms with Crippen LogP contribution in [0.2, 0.25) is 0 Å². The van der Waals surface area contributed by atoms with E-state index >= 15 is 0 Å². The van der Waals surface area contributed by atoms with Crippen molar-refractivity contribution in [3.8, 4) is 0 Å². The molecule has 1 amide bonds. The number of likely N-dealkylation sites (N-methyl/N-ethyl adjacent to an activating group) is 1. The summed E-state index contributed by atoms with van der Waals surface area (Å²) >= 11 is 0. The molecule has 1 rings (SSSR count). The Morgan fingerprint density at radius 3 is 2.48 bits per heavy atom. The van der Waals surface area contributed by atoms with Crippen LogP contribution >= 0.6 is 0 Å². The third-order valence-corrected chi connectivity index (χ3v) is 4.15. The molecule has 0 aliphatic heterocycles. The van der Waals surface area contributed by atoms with Crippen molar-refractivity contribution in [3.63, 3.8) is 0 Å².